The minimum Gasteiger partial charge on any atom is -0.376 e. The summed E-state index contributed by atoms with van der Waals surface area (Å²) in [4.78, 5) is 28.3. The molecule has 0 aromatic heterocycles. The molecular formula is C29H39N3O3. The van der Waals surface area contributed by atoms with E-state index < -0.39 is 0 Å². The van der Waals surface area contributed by atoms with E-state index in [1.54, 1.807) is 6.07 Å². The molecule has 2 fully saturated rings. The SMILES string of the molecule is CCCCCCc1ccc(C(=O)Nc2ccc(N3CCCC3)c(C(=O)NCC3CCCO3)c2)cc1. The lowest BCUT2D eigenvalue weighted by molar-refractivity contribution is 0.0858. The van der Waals surface area contributed by atoms with Crippen molar-refractivity contribution in [1.29, 1.82) is 0 Å². The van der Waals surface area contributed by atoms with Crippen molar-refractivity contribution in [1.82, 2.24) is 5.32 Å². The van der Waals surface area contributed by atoms with Gasteiger partial charge in [0.15, 0.2) is 0 Å². The minimum absolute atomic E-state index is 0.0895. The number of nitrogens with one attached hydrogen (secondary N) is 2. The van der Waals surface area contributed by atoms with Crippen molar-refractivity contribution in [3.8, 4) is 0 Å². The van der Waals surface area contributed by atoms with Crippen LogP contribution >= 0.6 is 0 Å². The zero-order chi connectivity index (χ0) is 24.5. The molecule has 4 rings (SSSR count). The van der Waals surface area contributed by atoms with Gasteiger partial charge in [0.25, 0.3) is 11.8 Å². The number of aryl methyl sites for hydroxylation is 1. The number of unbranched alkanes of at least 4 members (excludes halogenated alkanes) is 3. The molecule has 2 amide bonds. The molecule has 2 aromatic carbocycles. The molecule has 0 bridgehead atoms. The largest absolute Gasteiger partial charge is 0.376 e. The molecule has 188 valence electrons. The summed E-state index contributed by atoms with van der Waals surface area (Å²) in [7, 11) is 0. The fraction of sp³-hybridized carbons (Fsp3) is 0.517. The first-order valence-electron chi connectivity index (χ1n) is 13.3. The summed E-state index contributed by atoms with van der Waals surface area (Å²) in [5, 5.41) is 6.03. The second-order valence-corrected chi connectivity index (χ2v) is 9.73. The second-order valence-electron chi connectivity index (χ2n) is 9.73. The van der Waals surface area contributed by atoms with Gasteiger partial charge in [-0.15, -0.1) is 0 Å². The summed E-state index contributed by atoms with van der Waals surface area (Å²) < 4.78 is 5.65. The van der Waals surface area contributed by atoms with Gasteiger partial charge >= 0.3 is 0 Å². The standard InChI is InChI=1S/C29H39N3O3/c1-2-3-4-5-9-22-11-13-23(14-12-22)28(33)31-24-15-16-27(32-17-6-7-18-32)26(20-24)29(34)30-21-25-10-8-19-35-25/h11-16,20,25H,2-10,17-19,21H2,1H3,(H,30,34)(H,31,33). The molecule has 6 nitrogen and oxygen atoms in total. The van der Waals surface area contributed by atoms with E-state index in [2.05, 4.69) is 22.5 Å². The van der Waals surface area contributed by atoms with Gasteiger partial charge in [-0.25, -0.2) is 0 Å². The van der Waals surface area contributed by atoms with Crippen LogP contribution in [-0.2, 0) is 11.2 Å². The third-order valence-corrected chi connectivity index (χ3v) is 7.00. The van der Waals surface area contributed by atoms with Crippen LogP contribution in [0.4, 0.5) is 11.4 Å². The Labute approximate surface area is 209 Å². The van der Waals surface area contributed by atoms with Crippen molar-refractivity contribution in [2.75, 3.05) is 36.5 Å². The highest BCUT2D eigenvalue weighted by Gasteiger charge is 2.22. The highest BCUT2D eigenvalue weighted by Crippen LogP contribution is 2.28. The first-order valence-corrected chi connectivity index (χ1v) is 13.3. The van der Waals surface area contributed by atoms with Gasteiger partial charge in [-0.05, 0) is 74.4 Å². The summed E-state index contributed by atoms with van der Waals surface area (Å²) in [5.41, 5.74) is 4.04. The molecule has 2 saturated heterocycles. The van der Waals surface area contributed by atoms with Crippen LogP contribution in [0.3, 0.4) is 0 Å². The lowest BCUT2D eigenvalue weighted by Crippen LogP contribution is -2.33. The molecular weight excluding hydrogens is 438 g/mol. The number of ether oxygens (including phenoxy) is 1. The van der Waals surface area contributed by atoms with E-state index in [9.17, 15) is 9.59 Å². The molecule has 6 heteroatoms. The first kappa shape index (κ1) is 25.2. The number of amides is 2. The summed E-state index contributed by atoms with van der Waals surface area (Å²) in [6, 6.07) is 13.5. The summed E-state index contributed by atoms with van der Waals surface area (Å²) in [5.74, 6) is -0.284. The maximum absolute atomic E-state index is 13.1. The summed E-state index contributed by atoms with van der Waals surface area (Å²) >= 11 is 0. The van der Waals surface area contributed by atoms with Gasteiger partial charge < -0.3 is 20.3 Å². The third-order valence-electron chi connectivity index (χ3n) is 7.00. The average Bonchev–Trinajstić information content (AvgIpc) is 3.60. The van der Waals surface area contributed by atoms with Crippen LogP contribution in [0.15, 0.2) is 42.5 Å². The Bertz CT molecular complexity index is 977. The van der Waals surface area contributed by atoms with E-state index in [0.29, 0.717) is 23.4 Å². The van der Waals surface area contributed by atoms with Crippen LogP contribution < -0.4 is 15.5 Å². The van der Waals surface area contributed by atoms with Crippen molar-refractivity contribution >= 4 is 23.2 Å². The number of nitrogens with zero attached hydrogens (tertiary/aromatic N) is 1. The molecule has 0 aliphatic carbocycles. The molecule has 1 unspecified atom stereocenters. The number of rotatable bonds is 11. The van der Waals surface area contributed by atoms with Crippen molar-refractivity contribution in [3.05, 3.63) is 59.2 Å². The van der Waals surface area contributed by atoms with Crippen LogP contribution in [0.2, 0.25) is 0 Å². The average molecular weight is 478 g/mol. The number of benzene rings is 2. The Balaban J connectivity index is 1.42. The van der Waals surface area contributed by atoms with Gasteiger partial charge in [-0.3, -0.25) is 9.59 Å². The van der Waals surface area contributed by atoms with Crippen molar-refractivity contribution < 1.29 is 14.3 Å². The van der Waals surface area contributed by atoms with Gasteiger partial charge in [0.1, 0.15) is 0 Å². The van der Waals surface area contributed by atoms with Crippen molar-refractivity contribution in [2.45, 2.75) is 70.8 Å². The lowest BCUT2D eigenvalue weighted by atomic mass is 10.0. The van der Waals surface area contributed by atoms with Gasteiger partial charge in [0.2, 0.25) is 0 Å². The predicted octanol–water partition coefficient (Wildman–Crippen LogP) is 5.57. The number of hydrogen-bond donors (Lipinski definition) is 2. The summed E-state index contributed by atoms with van der Waals surface area (Å²) in [6.07, 6.45) is 10.3. The van der Waals surface area contributed by atoms with Crippen molar-refractivity contribution in [3.63, 3.8) is 0 Å². The van der Waals surface area contributed by atoms with E-state index in [4.69, 9.17) is 4.74 Å². The molecule has 2 N–H and O–H groups in total. The van der Waals surface area contributed by atoms with Crippen LogP contribution in [-0.4, -0.2) is 44.2 Å². The van der Waals surface area contributed by atoms with Crippen LogP contribution in [0.1, 0.15) is 84.6 Å². The highest BCUT2D eigenvalue weighted by atomic mass is 16.5. The lowest BCUT2D eigenvalue weighted by Gasteiger charge is -2.22. The fourth-order valence-corrected chi connectivity index (χ4v) is 4.92. The fourth-order valence-electron chi connectivity index (χ4n) is 4.92. The van der Waals surface area contributed by atoms with Crippen LogP contribution in [0, 0.1) is 0 Å². The highest BCUT2D eigenvalue weighted by molar-refractivity contribution is 6.06. The summed E-state index contributed by atoms with van der Waals surface area (Å²) in [6.45, 7) is 5.39. The molecule has 0 spiro atoms. The van der Waals surface area contributed by atoms with E-state index in [1.165, 1.54) is 31.2 Å². The second kappa shape index (κ2) is 12.7. The normalized spacial score (nSPS) is 17.5. The third kappa shape index (κ3) is 7.07. The molecule has 2 aliphatic heterocycles. The molecule has 0 saturated carbocycles. The monoisotopic (exact) mass is 477 g/mol. The van der Waals surface area contributed by atoms with Crippen LogP contribution in [0.5, 0.6) is 0 Å². The van der Waals surface area contributed by atoms with Crippen LogP contribution in [0.25, 0.3) is 0 Å². The quantitative estimate of drug-likeness (QED) is 0.415. The minimum atomic E-state index is -0.165. The Kier molecular flexibility index (Phi) is 9.18. The Hall–Kier alpha value is -2.86. The Morgan fingerprint density at radius 3 is 2.49 bits per heavy atom. The molecule has 0 radical (unpaired) electrons. The zero-order valence-corrected chi connectivity index (χ0v) is 21.0. The Morgan fingerprint density at radius 2 is 1.77 bits per heavy atom. The van der Waals surface area contributed by atoms with E-state index in [0.717, 1.165) is 57.5 Å². The number of hydrogen-bond acceptors (Lipinski definition) is 4. The Morgan fingerprint density at radius 1 is 0.971 bits per heavy atom. The van der Waals surface area contributed by atoms with E-state index >= 15 is 0 Å². The van der Waals surface area contributed by atoms with Gasteiger partial charge in [-0.2, -0.15) is 0 Å². The smallest absolute Gasteiger partial charge is 0.255 e. The first-order chi connectivity index (χ1) is 17.1. The molecule has 1 atom stereocenters. The zero-order valence-electron chi connectivity index (χ0n) is 21.0. The number of carbonyl (C=O) groups is 2. The predicted molar refractivity (Wildman–Crippen MR) is 141 cm³/mol. The van der Waals surface area contributed by atoms with Crippen molar-refractivity contribution in [2.24, 2.45) is 0 Å². The maximum Gasteiger partial charge on any atom is 0.255 e. The topological polar surface area (TPSA) is 70.7 Å². The van der Waals surface area contributed by atoms with Gasteiger partial charge in [0.05, 0.1) is 11.7 Å². The molecule has 35 heavy (non-hydrogen) atoms. The number of carbonyl (C=O) groups excluding carboxylic acids is 2. The maximum atomic E-state index is 13.1. The van der Waals surface area contributed by atoms with E-state index in [1.807, 2.05) is 36.4 Å². The molecule has 2 aliphatic rings. The van der Waals surface area contributed by atoms with E-state index in [-0.39, 0.29) is 17.9 Å². The molecule has 2 aromatic rings. The van der Waals surface area contributed by atoms with Gasteiger partial charge in [0, 0.05) is 43.2 Å². The van der Waals surface area contributed by atoms with Gasteiger partial charge in [-0.1, -0.05) is 38.3 Å². The molecule has 2 heterocycles. The number of anilines is 2.